The molecule has 1 amide bonds. The van der Waals surface area contributed by atoms with Crippen LogP contribution in [0.5, 0.6) is 0 Å². The highest BCUT2D eigenvalue weighted by Crippen LogP contribution is 2.69. The highest BCUT2D eigenvalue weighted by molar-refractivity contribution is 6.99. The SMILES string of the molecule is CC(C)(C)[Si](O[C@H]1C[C@@H](C2CC(C34CC(NC(=O)O)(C3)C4)=NO2)C1)(c1ccccc1)c1ccccc1. The van der Waals surface area contributed by atoms with Gasteiger partial charge in [0.2, 0.25) is 0 Å². The summed E-state index contributed by atoms with van der Waals surface area (Å²) in [5, 5.41) is 18.9. The van der Waals surface area contributed by atoms with E-state index in [1.165, 1.54) is 10.4 Å². The summed E-state index contributed by atoms with van der Waals surface area (Å²) in [7, 11) is -2.53. The van der Waals surface area contributed by atoms with Gasteiger partial charge in [-0.05, 0) is 47.5 Å². The van der Waals surface area contributed by atoms with Crippen molar-refractivity contribution in [2.45, 2.75) is 82.1 Å². The lowest BCUT2D eigenvalue weighted by Gasteiger charge is -2.69. The zero-order chi connectivity index (χ0) is 25.2. The van der Waals surface area contributed by atoms with Gasteiger partial charge in [-0.15, -0.1) is 0 Å². The molecule has 1 heterocycles. The number of carboxylic acid groups (broad SMARTS) is 1. The average Bonchev–Trinajstić information content (AvgIpc) is 3.24. The van der Waals surface area contributed by atoms with Crippen LogP contribution in [0.1, 0.15) is 59.3 Å². The Morgan fingerprint density at radius 3 is 2.08 bits per heavy atom. The van der Waals surface area contributed by atoms with Crippen LogP contribution in [0.25, 0.3) is 0 Å². The number of hydrogen-bond donors (Lipinski definition) is 2. The van der Waals surface area contributed by atoms with Crippen molar-refractivity contribution in [2.24, 2.45) is 16.5 Å². The Hall–Kier alpha value is -2.64. The van der Waals surface area contributed by atoms with Crippen LogP contribution in [0, 0.1) is 11.3 Å². The predicted octanol–water partition coefficient (Wildman–Crippen LogP) is 4.68. The summed E-state index contributed by atoms with van der Waals surface area (Å²) < 4.78 is 7.27. The maximum Gasteiger partial charge on any atom is 0.405 e. The van der Waals surface area contributed by atoms with E-state index in [1.807, 2.05) is 0 Å². The first-order valence-corrected chi connectivity index (χ1v) is 15.1. The van der Waals surface area contributed by atoms with E-state index >= 15 is 0 Å². The van der Waals surface area contributed by atoms with E-state index < -0.39 is 14.4 Å². The van der Waals surface area contributed by atoms with Crippen molar-refractivity contribution in [2.75, 3.05) is 0 Å². The van der Waals surface area contributed by atoms with E-state index in [2.05, 4.69) is 91.9 Å². The Bertz CT molecular complexity index is 1110. The molecule has 0 aromatic heterocycles. The van der Waals surface area contributed by atoms with E-state index in [4.69, 9.17) is 14.4 Å². The number of amides is 1. The standard InChI is InChI=1S/C29H36N2O4Si/c1-27(2,3)36(22-10-6-4-7-11-22,23-12-8-5-9-13-23)35-21-14-20(15-21)24-16-25(31-34-24)28-17-29(18-28,19-28)30-26(32)33/h4-13,20-21,24,30H,14-19H2,1-3H3,(H,32,33)/t20-,21+,24?,28?,29?. The molecule has 0 saturated heterocycles. The monoisotopic (exact) mass is 504 g/mol. The molecule has 2 aromatic carbocycles. The summed E-state index contributed by atoms with van der Waals surface area (Å²) in [6.07, 6.45) is 4.88. The van der Waals surface area contributed by atoms with Gasteiger partial charge in [0, 0.05) is 29.4 Å². The van der Waals surface area contributed by atoms with Crippen LogP contribution in [0.4, 0.5) is 4.79 Å². The normalized spacial score (nSPS) is 32.9. The zero-order valence-corrected chi connectivity index (χ0v) is 22.4. The van der Waals surface area contributed by atoms with Gasteiger partial charge >= 0.3 is 6.09 Å². The van der Waals surface area contributed by atoms with Crippen molar-refractivity contribution >= 4 is 30.5 Å². The fourth-order valence-corrected chi connectivity index (χ4v) is 12.1. The molecule has 2 N–H and O–H groups in total. The number of nitrogens with zero attached hydrogens (tertiary/aromatic N) is 1. The predicted molar refractivity (Wildman–Crippen MR) is 142 cm³/mol. The van der Waals surface area contributed by atoms with Crippen LogP contribution in [-0.4, -0.2) is 43.0 Å². The first kappa shape index (κ1) is 23.7. The lowest BCUT2D eigenvalue weighted by atomic mass is 9.37. The molecule has 6 nitrogen and oxygen atoms in total. The molecule has 2 aromatic rings. The van der Waals surface area contributed by atoms with Gasteiger partial charge in [0.25, 0.3) is 8.32 Å². The van der Waals surface area contributed by atoms with Gasteiger partial charge in [-0.1, -0.05) is 86.6 Å². The third kappa shape index (κ3) is 3.62. The van der Waals surface area contributed by atoms with Crippen LogP contribution in [-0.2, 0) is 9.26 Å². The molecule has 1 unspecified atom stereocenters. The molecule has 190 valence electrons. The minimum absolute atomic E-state index is 0.0228. The summed E-state index contributed by atoms with van der Waals surface area (Å²) in [5.41, 5.74) is 1.02. The second kappa shape index (κ2) is 8.18. The molecular weight excluding hydrogens is 468 g/mol. The van der Waals surface area contributed by atoms with E-state index in [1.54, 1.807) is 0 Å². The van der Waals surface area contributed by atoms with E-state index in [0.717, 1.165) is 44.2 Å². The molecule has 4 aliphatic carbocycles. The van der Waals surface area contributed by atoms with Gasteiger partial charge in [0.15, 0.2) is 0 Å². The molecule has 4 fully saturated rings. The van der Waals surface area contributed by atoms with Gasteiger partial charge < -0.3 is 19.7 Å². The van der Waals surface area contributed by atoms with Gasteiger partial charge in [-0.25, -0.2) is 4.79 Å². The van der Waals surface area contributed by atoms with E-state index in [0.29, 0.717) is 5.92 Å². The van der Waals surface area contributed by atoms with Crippen LogP contribution < -0.4 is 15.7 Å². The Morgan fingerprint density at radius 2 is 1.58 bits per heavy atom. The van der Waals surface area contributed by atoms with Crippen molar-refractivity contribution in [3.63, 3.8) is 0 Å². The van der Waals surface area contributed by atoms with Crippen LogP contribution >= 0.6 is 0 Å². The van der Waals surface area contributed by atoms with Crippen molar-refractivity contribution < 1.29 is 19.2 Å². The maximum atomic E-state index is 11.0. The molecule has 1 aliphatic heterocycles. The minimum Gasteiger partial charge on any atom is -0.465 e. The van der Waals surface area contributed by atoms with E-state index in [-0.39, 0.29) is 28.2 Å². The molecule has 7 heteroatoms. The second-order valence-corrected chi connectivity index (χ2v) is 16.8. The van der Waals surface area contributed by atoms with Gasteiger partial charge in [-0.3, -0.25) is 0 Å². The molecule has 7 rings (SSSR count). The third-order valence-corrected chi connectivity index (χ3v) is 14.2. The molecule has 0 spiro atoms. The van der Waals surface area contributed by atoms with Gasteiger partial charge in [0.1, 0.15) is 6.10 Å². The maximum absolute atomic E-state index is 11.0. The summed E-state index contributed by atoms with van der Waals surface area (Å²) in [5.74, 6) is 0.452. The Kier molecular flexibility index (Phi) is 5.40. The second-order valence-electron chi connectivity index (χ2n) is 12.5. The van der Waals surface area contributed by atoms with Crippen molar-refractivity contribution in [1.29, 1.82) is 0 Å². The van der Waals surface area contributed by atoms with E-state index in [9.17, 15) is 4.79 Å². The topological polar surface area (TPSA) is 80.2 Å². The quantitative estimate of drug-likeness (QED) is 0.537. The Morgan fingerprint density at radius 1 is 1.03 bits per heavy atom. The van der Waals surface area contributed by atoms with Crippen molar-refractivity contribution in [3.8, 4) is 0 Å². The minimum atomic E-state index is -2.53. The number of benzene rings is 2. The van der Waals surface area contributed by atoms with Crippen LogP contribution in [0.3, 0.4) is 0 Å². The van der Waals surface area contributed by atoms with Crippen LogP contribution in [0.2, 0.25) is 5.04 Å². The lowest BCUT2D eigenvalue weighted by molar-refractivity contribution is -0.0951. The summed E-state index contributed by atoms with van der Waals surface area (Å²) in [4.78, 5) is 17.0. The summed E-state index contributed by atoms with van der Waals surface area (Å²) >= 11 is 0. The summed E-state index contributed by atoms with van der Waals surface area (Å²) in [6.45, 7) is 6.97. The first-order valence-electron chi connectivity index (χ1n) is 13.2. The van der Waals surface area contributed by atoms with Crippen molar-refractivity contribution in [1.82, 2.24) is 5.32 Å². The number of carbonyl (C=O) groups is 1. The Balaban J connectivity index is 1.13. The number of oxime groups is 1. The third-order valence-electron chi connectivity index (χ3n) is 9.12. The summed E-state index contributed by atoms with van der Waals surface area (Å²) in [6, 6.07) is 21.7. The number of nitrogens with one attached hydrogen (secondary N) is 1. The molecule has 36 heavy (non-hydrogen) atoms. The van der Waals surface area contributed by atoms with Gasteiger partial charge in [0.05, 0.1) is 5.71 Å². The molecule has 5 aliphatic rings. The van der Waals surface area contributed by atoms with Crippen molar-refractivity contribution in [3.05, 3.63) is 60.7 Å². The fourth-order valence-electron chi connectivity index (χ4n) is 7.36. The number of hydrogen-bond acceptors (Lipinski definition) is 4. The zero-order valence-electron chi connectivity index (χ0n) is 21.4. The smallest absolute Gasteiger partial charge is 0.405 e. The Labute approximate surface area is 214 Å². The van der Waals surface area contributed by atoms with Gasteiger partial charge in [-0.2, -0.15) is 0 Å². The first-order chi connectivity index (χ1) is 17.1. The molecule has 0 radical (unpaired) electrons. The lowest BCUT2D eigenvalue weighted by Crippen LogP contribution is -2.76. The highest BCUT2D eigenvalue weighted by atomic mass is 28.4. The average molecular weight is 505 g/mol. The largest absolute Gasteiger partial charge is 0.465 e. The number of rotatable bonds is 7. The molecule has 2 bridgehead atoms. The fraction of sp³-hybridized carbons (Fsp3) is 0.517. The molecule has 4 saturated carbocycles. The molecule has 1 atom stereocenters. The molecular formula is C29H36N2O4Si. The van der Waals surface area contributed by atoms with Crippen LogP contribution in [0.15, 0.2) is 65.8 Å². The highest BCUT2D eigenvalue weighted by Gasteiger charge is 2.71.